The van der Waals surface area contributed by atoms with Gasteiger partial charge in [0.2, 0.25) is 0 Å². The Hall–Kier alpha value is -0.390. The topological polar surface area (TPSA) is 58.0 Å². The number of aromatic nitrogens is 2. The van der Waals surface area contributed by atoms with E-state index in [0.717, 1.165) is 25.8 Å². The van der Waals surface area contributed by atoms with Gasteiger partial charge in [-0.2, -0.15) is 0 Å². The molecule has 1 aromatic rings. The Bertz CT molecular complexity index is 345. The van der Waals surface area contributed by atoms with Crippen LogP contribution in [-0.4, -0.2) is 28.2 Å². The summed E-state index contributed by atoms with van der Waals surface area (Å²) in [5.41, 5.74) is 0. The molecule has 0 fully saturated rings. The summed E-state index contributed by atoms with van der Waals surface area (Å²) in [7, 11) is 0. The molecule has 4 nitrogen and oxygen atoms in total. The number of rotatable bonds is 7. The molecule has 0 spiro atoms. The largest absolute Gasteiger partial charge is 0.396 e. The van der Waals surface area contributed by atoms with Crippen LogP contribution in [0.1, 0.15) is 26.2 Å². The Labute approximate surface area is 115 Å². The Kier molecular flexibility index (Phi) is 6.77. The summed E-state index contributed by atoms with van der Waals surface area (Å²) in [5, 5.41) is 12.6. The zero-order chi connectivity index (χ0) is 12.7. The molecule has 1 heterocycles. The van der Waals surface area contributed by atoms with Crippen molar-refractivity contribution in [1.29, 1.82) is 0 Å². The first-order valence-electron chi connectivity index (χ1n) is 5.69. The minimum Gasteiger partial charge on any atom is -0.396 e. The lowest BCUT2D eigenvalue weighted by Gasteiger charge is -2.16. The molecule has 1 unspecified atom stereocenters. The first-order valence-corrected chi connectivity index (χ1v) is 6.86. The summed E-state index contributed by atoms with van der Waals surface area (Å²) in [6, 6.07) is 0. The van der Waals surface area contributed by atoms with Crippen LogP contribution in [0.3, 0.4) is 0 Å². The quantitative estimate of drug-likeness (QED) is 0.757. The van der Waals surface area contributed by atoms with Crippen LogP contribution < -0.4 is 5.32 Å². The average Bonchev–Trinajstić information content (AvgIpc) is 2.31. The summed E-state index contributed by atoms with van der Waals surface area (Å²) in [6.45, 7) is 3.14. The smallest absolute Gasteiger partial charge is 0.148 e. The van der Waals surface area contributed by atoms with E-state index in [9.17, 15) is 0 Å². The molecule has 1 aromatic heterocycles. The molecule has 0 radical (unpaired) electrons. The van der Waals surface area contributed by atoms with Crippen molar-refractivity contribution >= 4 is 33.3 Å². The highest BCUT2D eigenvalue weighted by Gasteiger charge is 2.10. The monoisotopic (exact) mass is 321 g/mol. The highest BCUT2D eigenvalue weighted by atomic mass is 79.9. The Morgan fingerprint density at radius 2 is 2.24 bits per heavy atom. The maximum absolute atomic E-state index is 8.98. The van der Waals surface area contributed by atoms with Crippen LogP contribution >= 0.6 is 27.5 Å². The van der Waals surface area contributed by atoms with Crippen molar-refractivity contribution in [2.24, 2.45) is 5.92 Å². The van der Waals surface area contributed by atoms with Gasteiger partial charge in [0.25, 0.3) is 0 Å². The molecule has 0 aliphatic rings. The van der Waals surface area contributed by atoms with Crippen molar-refractivity contribution in [2.45, 2.75) is 26.2 Å². The molecular weight excluding hydrogens is 305 g/mol. The van der Waals surface area contributed by atoms with E-state index in [1.165, 1.54) is 6.33 Å². The number of aliphatic hydroxyl groups excluding tert-OH is 1. The van der Waals surface area contributed by atoms with Crippen LogP contribution in [-0.2, 0) is 0 Å². The molecule has 17 heavy (non-hydrogen) atoms. The number of halogens is 2. The van der Waals surface area contributed by atoms with Crippen molar-refractivity contribution in [3.05, 3.63) is 16.0 Å². The molecule has 0 aliphatic heterocycles. The number of nitrogens with zero attached hydrogens (tertiary/aromatic N) is 2. The summed E-state index contributed by atoms with van der Waals surface area (Å²) in [5.74, 6) is 1.15. The summed E-state index contributed by atoms with van der Waals surface area (Å²) in [4.78, 5) is 7.98. The van der Waals surface area contributed by atoms with Gasteiger partial charge in [0.05, 0.1) is 4.47 Å². The molecule has 2 N–H and O–H groups in total. The predicted octanol–water partition coefficient (Wildman–Crippen LogP) is 3.10. The number of anilines is 1. The van der Waals surface area contributed by atoms with Crippen LogP contribution in [0, 0.1) is 5.92 Å². The zero-order valence-corrected chi connectivity index (χ0v) is 12.1. The molecular formula is C11H17BrClN3O. The van der Waals surface area contributed by atoms with Crippen LogP contribution in [0.4, 0.5) is 5.82 Å². The highest BCUT2D eigenvalue weighted by molar-refractivity contribution is 9.10. The third-order valence-electron chi connectivity index (χ3n) is 2.54. The lowest BCUT2D eigenvalue weighted by Crippen LogP contribution is -2.16. The van der Waals surface area contributed by atoms with Crippen LogP contribution in [0.25, 0.3) is 0 Å². The van der Waals surface area contributed by atoms with Gasteiger partial charge in [0.15, 0.2) is 0 Å². The van der Waals surface area contributed by atoms with Crippen LogP contribution in [0.15, 0.2) is 10.8 Å². The Morgan fingerprint density at radius 3 is 2.88 bits per heavy atom. The lowest BCUT2D eigenvalue weighted by molar-refractivity contribution is 0.255. The molecule has 0 aliphatic carbocycles. The van der Waals surface area contributed by atoms with Gasteiger partial charge in [0.1, 0.15) is 17.3 Å². The van der Waals surface area contributed by atoms with Gasteiger partial charge >= 0.3 is 0 Å². The van der Waals surface area contributed by atoms with Gasteiger partial charge < -0.3 is 10.4 Å². The fourth-order valence-electron chi connectivity index (χ4n) is 1.65. The average molecular weight is 323 g/mol. The molecule has 0 aromatic carbocycles. The third kappa shape index (κ3) is 4.77. The second-order valence-electron chi connectivity index (χ2n) is 3.87. The number of hydrogen-bond acceptors (Lipinski definition) is 4. The third-order valence-corrected chi connectivity index (χ3v) is 3.81. The fraction of sp³-hybridized carbons (Fsp3) is 0.636. The standard InChI is InChI=1S/C11H17BrClN3O/c1-2-3-8(4-5-17)6-14-11-9(12)10(13)15-7-16-11/h7-8,17H,2-6H2,1H3,(H,14,15,16). The van der Waals surface area contributed by atoms with Crippen LogP contribution in [0.2, 0.25) is 5.15 Å². The molecule has 0 saturated carbocycles. The molecule has 0 amide bonds. The normalized spacial score (nSPS) is 12.5. The van der Waals surface area contributed by atoms with Gasteiger partial charge in [-0.15, -0.1) is 0 Å². The highest BCUT2D eigenvalue weighted by Crippen LogP contribution is 2.26. The molecule has 0 bridgehead atoms. The minimum atomic E-state index is 0.220. The van der Waals surface area contributed by atoms with Crippen molar-refractivity contribution in [1.82, 2.24) is 9.97 Å². The summed E-state index contributed by atoms with van der Waals surface area (Å²) < 4.78 is 0.681. The SMILES string of the molecule is CCCC(CCO)CNc1ncnc(Cl)c1Br. The van der Waals surface area contributed by atoms with Crippen LogP contribution in [0.5, 0.6) is 0 Å². The van der Waals surface area contributed by atoms with E-state index in [4.69, 9.17) is 16.7 Å². The van der Waals surface area contributed by atoms with Gasteiger partial charge in [0, 0.05) is 13.2 Å². The van der Waals surface area contributed by atoms with Gasteiger partial charge in [-0.1, -0.05) is 24.9 Å². The Morgan fingerprint density at radius 1 is 1.47 bits per heavy atom. The summed E-state index contributed by atoms with van der Waals surface area (Å²) in [6.07, 6.45) is 4.43. The van der Waals surface area contributed by atoms with Crippen molar-refractivity contribution in [2.75, 3.05) is 18.5 Å². The predicted molar refractivity (Wildman–Crippen MR) is 73.3 cm³/mol. The minimum absolute atomic E-state index is 0.220. The molecule has 6 heteroatoms. The van der Waals surface area contributed by atoms with E-state index in [2.05, 4.69) is 38.1 Å². The molecule has 0 saturated heterocycles. The molecule has 1 atom stereocenters. The molecule has 1 rings (SSSR count). The second-order valence-corrected chi connectivity index (χ2v) is 5.03. The number of nitrogens with one attached hydrogen (secondary N) is 1. The maximum atomic E-state index is 8.98. The van der Waals surface area contributed by atoms with E-state index in [-0.39, 0.29) is 6.61 Å². The summed E-state index contributed by atoms with van der Waals surface area (Å²) >= 11 is 9.21. The second kappa shape index (κ2) is 7.84. The first-order chi connectivity index (χ1) is 8.19. The van der Waals surface area contributed by atoms with Crippen molar-refractivity contribution in [3.63, 3.8) is 0 Å². The Balaban J connectivity index is 2.55. The molecule has 96 valence electrons. The van der Waals surface area contributed by atoms with E-state index < -0.39 is 0 Å². The van der Waals surface area contributed by atoms with Gasteiger partial charge in [-0.25, -0.2) is 9.97 Å². The van der Waals surface area contributed by atoms with Crippen molar-refractivity contribution in [3.8, 4) is 0 Å². The number of hydrogen-bond donors (Lipinski definition) is 2. The van der Waals surface area contributed by atoms with E-state index in [0.29, 0.717) is 21.4 Å². The van der Waals surface area contributed by atoms with E-state index in [1.807, 2.05) is 0 Å². The van der Waals surface area contributed by atoms with E-state index >= 15 is 0 Å². The first kappa shape index (κ1) is 14.7. The zero-order valence-electron chi connectivity index (χ0n) is 9.79. The van der Waals surface area contributed by atoms with Gasteiger partial charge in [-0.05, 0) is 34.7 Å². The van der Waals surface area contributed by atoms with E-state index in [1.54, 1.807) is 0 Å². The lowest BCUT2D eigenvalue weighted by atomic mass is 10.0. The fourth-order valence-corrected chi connectivity index (χ4v) is 2.13. The van der Waals surface area contributed by atoms with Gasteiger partial charge in [-0.3, -0.25) is 0 Å². The maximum Gasteiger partial charge on any atom is 0.148 e. The number of aliphatic hydroxyl groups is 1. The van der Waals surface area contributed by atoms with Crippen molar-refractivity contribution < 1.29 is 5.11 Å².